The average Bonchev–Trinajstić information content (AvgIpc) is 3.69. The lowest BCUT2D eigenvalue weighted by molar-refractivity contribution is 1.18. The second-order valence-electron chi connectivity index (χ2n) is 15.8. The van der Waals surface area contributed by atoms with E-state index in [0.29, 0.717) is 0 Å². The van der Waals surface area contributed by atoms with Crippen molar-refractivity contribution in [3.63, 3.8) is 0 Å². The Kier molecular flexibility index (Phi) is 9.57. The molecular weight excluding hydrogens is 749 g/mol. The van der Waals surface area contributed by atoms with Gasteiger partial charge in [0.25, 0.3) is 0 Å². The van der Waals surface area contributed by atoms with Crippen LogP contribution >= 0.6 is 0 Å². The van der Waals surface area contributed by atoms with Crippen molar-refractivity contribution in [3.8, 4) is 61.3 Å². The molecule has 0 unspecified atom stereocenters. The van der Waals surface area contributed by atoms with Gasteiger partial charge in [-0.3, -0.25) is 0 Å². The molecule has 0 aliphatic rings. The number of fused-ring (bicyclic) bond motifs is 3. The maximum Gasteiger partial charge on any atom is 0.0547 e. The predicted octanol–water partition coefficient (Wildman–Crippen LogP) is 16.6. The molecule has 0 saturated heterocycles. The Hall–Kier alpha value is -8.20. The van der Waals surface area contributed by atoms with Crippen LogP contribution in [0.15, 0.2) is 255 Å². The van der Waals surface area contributed by atoms with Crippen LogP contribution in [-0.4, -0.2) is 4.57 Å². The summed E-state index contributed by atoms with van der Waals surface area (Å²) in [6, 6.07) is 92.0. The van der Waals surface area contributed by atoms with Gasteiger partial charge in [-0.2, -0.15) is 0 Å². The fourth-order valence-corrected chi connectivity index (χ4v) is 8.96. The molecule has 2 heteroatoms. The van der Waals surface area contributed by atoms with E-state index >= 15 is 0 Å². The first-order valence-electron chi connectivity index (χ1n) is 21.3. The topological polar surface area (TPSA) is 8.17 Å². The highest BCUT2D eigenvalue weighted by molar-refractivity contribution is 6.11. The largest absolute Gasteiger partial charge is 0.310 e. The molecule has 11 rings (SSSR count). The molecule has 292 valence electrons. The van der Waals surface area contributed by atoms with E-state index in [0.717, 1.165) is 28.3 Å². The second kappa shape index (κ2) is 16.1. The van der Waals surface area contributed by atoms with Gasteiger partial charge in [0.05, 0.1) is 16.7 Å². The molecule has 2 nitrogen and oxygen atoms in total. The van der Waals surface area contributed by atoms with Crippen LogP contribution in [-0.2, 0) is 0 Å². The summed E-state index contributed by atoms with van der Waals surface area (Å²) >= 11 is 0. The van der Waals surface area contributed by atoms with Crippen LogP contribution in [0.3, 0.4) is 0 Å². The summed E-state index contributed by atoms with van der Waals surface area (Å²) in [4.78, 5) is 2.34. The molecule has 0 saturated carbocycles. The van der Waals surface area contributed by atoms with Crippen LogP contribution in [0.5, 0.6) is 0 Å². The highest BCUT2D eigenvalue weighted by Gasteiger charge is 2.18. The molecule has 0 radical (unpaired) electrons. The fourth-order valence-electron chi connectivity index (χ4n) is 8.96. The second-order valence-corrected chi connectivity index (χ2v) is 15.8. The Balaban J connectivity index is 0.978. The minimum atomic E-state index is 1.10. The lowest BCUT2D eigenvalue weighted by Crippen LogP contribution is -2.10. The Morgan fingerprint density at radius 1 is 0.242 bits per heavy atom. The van der Waals surface area contributed by atoms with Crippen LogP contribution in [0.25, 0.3) is 83.1 Å². The number of rotatable bonds is 9. The first-order valence-corrected chi connectivity index (χ1v) is 21.3. The standard InChI is InChI=1S/C60H42N2/c1-5-17-43(18-6-1)48-23-15-27-53(39-48)61(52-25-11-4-12-26-52)54-28-16-24-49(40-54)45-31-33-46(34-32-45)51-35-37-56-55-29-13-14-30-58(55)62(60(56)42-51)59-38-36-50(44-19-7-2-8-20-44)41-57(59)47-21-9-3-10-22-47/h1-42H. The Labute approximate surface area is 362 Å². The van der Waals surface area contributed by atoms with E-state index in [1.165, 1.54) is 71.9 Å². The third kappa shape index (κ3) is 6.94. The van der Waals surface area contributed by atoms with Crippen molar-refractivity contribution in [2.75, 3.05) is 4.90 Å². The summed E-state index contributed by atoms with van der Waals surface area (Å²) in [6.07, 6.45) is 0. The van der Waals surface area contributed by atoms with Gasteiger partial charge in [-0.05, 0) is 111 Å². The molecule has 0 atom stereocenters. The van der Waals surface area contributed by atoms with Gasteiger partial charge in [-0.25, -0.2) is 0 Å². The van der Waals surface area contributed by atoms with E-state index < -0.39 is 0 Å². The van der Waals surface area contributed by atoms with E-state index in [1.54, 1.807) is 0 Å². The predicted molar refractivity (Wildman–Crippen MR) is 263 cm³/mol. The van der Waals surface area contributed by atoms with Gasteiger partial charge in [0.1, 0.15) is 0 Å². The van der Waals surface area contributed by atoms with Crippen molar-refractivity contribution >= 4 is 38.9 Å². The van der Waals surface area contributed by atoms with Crippen molar-refractivity contribution in [2.24, 2.45) is 0 Å². The molecule has 0 amide bonds. The van der Waals surface area contributed by atoms with Gasteiger partial charge in [0.2, 0.25) is 0 Å². The minimum Gasteiger partial charge on any atom is -0.310 e. The van der Waals surface area contributed by atoms with Crippen molar-refractivity contribution in [1.29, 1.82) is 0 Å². The van der Waals surface area contributed by atoms with Gasteiger partial charge >= 0.3 is 0 Å². The molecule has 1 heterocycles. The van der Waals surface area contributed by atoms with Gasteiger partial charge in [-0.15, -0.1) is 0 Å². The molecule has 11 aromatic rings. The number of hydrogen-bond acceptors (Lipinski definition) is 1. The Bertz CT molecular complexity index is 3310. The molecular formula is C60H42N2. The SMILES string of the molecule is c1ccc(-c2cccc(N(c3ccccc3)c3cccc(-c4ccc(-c5ccc6c7ccccc7n(-c7ccc(-c8ccccc8)cc7-c7ccccc7)c6c5)cc4)c3)c2)cc1. The smallest absolute Gasteiger partial charge is 0.0547 e. The molecule has 0 bridgehead atoms. The van der Waals surface area contributed by atoms with Crippen LogP contribution in [0.1, 0.15) is 0 Å². The van der Waals surface area contributed by atoms with Crippen LogP contribution in [0, 0.1) is 0 Å². The minimum absolute atomic E-state index is 1.10. The van der Waals surface area contributed by atoms with E-state index in [1.807, 2.05) is 0 Å². The maximum absolute atomic E-state index is 2.46. The monoisotopic (exact) mass is 790 g/mol. The van der Waals surface area contributed by atoms with Gasteiger partial charge in [0.15, 0.2) is 0 Å². The van der Waals surface area contributed by atoms with Crippen LogP contribution in [0.4, 0.5) is 17.1 Å². The summed E-state index contributed by atoms with van der Waals surface area (Å²) in [5.41, 5.74) is 18.7. The number of para-hydroxylation sites is 2. The highest BCUT2D eigenvalue weighted by Crippen LogP contribution is 2.41. The molecule has 0 N–H and O–H groups in total. The first kappa shape index (κ1) is 36.8. The summed E-state index contributed by atoms with van der Waals surface area (Å²) < 4.78 is 2.46. The van der Waals surface area contributed by atoms with Crippen LogP contribution < -0.4 is 4.90 Å². The summed E-state index contributed by atoms with van der Waals surface area (Å²) in [6.45, 7) is 0. The van der Waals surface area contributed by atoms with Gasteiger partial charge in [-0.1, -0.05) is 194 Å². The molecule has 0 aliphatic carbocycles. The van der Waals surface area contributed by atoms with Crippen molar-refractivity contribution in [3.05, 3.63) is 255 Å². The third-order valence-electron chi connectivity index (χ3n) is 12.0. The third-order valence-corrected chi connectivity index (χ3v) is 12.0. The van der Waals surface area contributed by atoms with E-state index in [4.69, 9.17) is 0 Å². The van der Waals surface area contributed by atoms with Crippen molar-refractivity contribution in [2.45, 2.75) is 0 Å². The van der Waals surface area contributed by atoms with Gasteiger partial charge < -0.3 is 9.47 Å². The molecule has 0 fully saturated rings. The summed E-state index contributed by atoms with van der Waals surface area (Å²) in [7, 11) is 0. The molecule has 0 aliphatic heterocycles. The highest BCUT2D eigenvalue weighted by atomic mass is 15.1. The fraction of sp³-hybridized carbons (Fsp3) is 0. The maximum atomic E-state index is 2.46. The van der Waals surface area contributed by atoms with Crippen molar-refractivity contribution < 1.29 is 0 Å². The summed E-state index contributed by atoms with van der Waals surface area (Å²) in [5, 5.41) is 2.48. The van der Waals surface area contributed by atoms with E-state index in [-0.39, 0.29) is 0 Å². The van der Waals surface area contributed by atoms with Gasteiger partial charge in [0, 0.05) is 33.4 Å². The molecule has 0 spiro atoms. The van der Waals surface area contributed by atoms with Crippen molar-refractivity contribution in [1.82, 2.24) is 4.57 Å². The zero-order valence-electron chi connectivity index (χ0n) is 34.1. The average molecular weight is 791 g/mol. The lowest BCUT2D eigenvalue weighted by Gasteiger charge is -2.26. The number of anilines is 3. The lowest BCUT2D eigenvalue weighted by atomic mass is 9.97. The molecule has 1 aromatic heterocycles. The number of aromatic nitrogens is 1. The van der Waals surface area contributed by atoms with Crippen LogP contribution in [0.2, 0.25) is 0 Å². The zero-order chi connectivity index (χ0) is 41.2. The molecule has 62 heavy (non-hydrogen) atoms. The Morgan fingerprint density at radius 2 is 0.645 bits per heavy atom. The Morgan fingerprint density at radius 3 is 1.24 bits per heavy atom. The number of benzene rings is 10. The van der Waals surface area contributed by atoms with E-state index in [2.05, 4.69) is 264 Å². The summed E-state index contributed by atoms with van der Waals surface area (Å²) in [5.74, 6) is 0. The quantitative estimate of drug-likeness (QED) is 0.141. The number of nitrogens with zero attached hydrogens (tertiary/aromatic N) is 2. The first-order chi connectivity index (χ1) is 30.7. The normalized spacial score (nSPS) is 11.2. The molecule has 10 aromatic carbocycles. The van der Waals surface area contributed by atoms with E-state index in [9.17, 15) is 0 Å². The zero-order valence-corrected chi connectivity index (χ0v) is 34.1. The number of hydrogen-bond donors (Lipinski definition) is 0.